The van der Waals surface area contributed by atoms with Crippen molar-refractivity contribution in [1.29, 1.82) is 0 Å². The minimum atomic E-state index is -0.913. The van der Waals surface area contributed by atoms with Crippen LogP contribution in [0.5, 0.6) is 0 Å². The molecule has 4 aromatic rings. The molecule has 4 saturated heterocycles. The summed E-state index contributed by atoms with van der Waals surface area (Å²) in [7, 11) is 0. The molecule has 0 aromatic heterocycles. The normalized spacial score (nSPS) is 31.4. The van der Waals surface area contributed by atoms with E-state index in [4.69, 9.17) is 52.1 Å². The van der Waals surface area contributed by atoms with Crippen LogP contribution in [0.4, 0.5) is 0 Å². The smallest absolute Gasteiger partial charge is 0.190 e. The predicted octanol–water partition coefficient (Wildman–Crippen LogP) is 7.10. The molecule has 0 aliphatic carbocycles. The summed E-state index contributed by atoms with van der Waals surface area (Å²) in [4.78, 5) is 0. The Hall–Kier alpha value is -3.56. The van der Waals surface area contributed by atoms with Crippen LogP contribution in [0, 0.1) is 0 Å². The molecule has 57 heavy (non-hydrogen) atoms. The molecule has 0 spiro atoms. The van der Waals surface area contributed by atoms with Crippen LogP contribution in [-0.4, -0.2) is 86.2 Å². The Kier molecular flexibility index (Phi) is 12.8. The van der Waals surface area contributed by atoms with Crippen LogP contribution in [0.15, 0.2) is 121 Å². The van der Waals surface area contributed by atoms with Crippen LogP contribution >= 0.6 is 0 Å². The summed E-state index contributed by atoms with van der Waals surface area (Å²) in [5.74, 6) is -1.70. The van der Waals surface area contributed by atoms with Crippen molar-refractivity contribution in [3.63, 3.8) is 0 Å². The zero-order chi connectivity index (χ0) is 39.2. The Labute approximate surface area is 335 Å². The van der Waals surface area contributed by atoms with E-state index in [0.717, 1.165) is 22.3 Å². The second-order valence-corrected chi connectivity index (χ2v) is 15.9. The second-order valence-electron chi connectivity index (χ2n) is 15.9. The number of hydrogen-bond acceptors (Lipinski definition) is 11. The van der Waals surface area contributed by atoms with E-state index in [0.29, 0.717) is 26.4 Å². The first-order valence-corrected chi connectivity index (χ1v) is 19.9. The SMILES string of the molecule is CC1(C)OC2OC(COC3OC(COCc4ccccc4)C(OCc4ccccc4)C(OCc4ccccc4)C3OCc3ccccc3)C3OC(C)(C)OC3C2O1. The highest BCUT2D eigenvalue weighted by Gasteiger charge is 2.61. The van der Waals surface area contributed by atoms with Gasteiger partial charge in [0.05, 0.1) is 39.6 Å². The predicted molar refractivity (Wildman–Crippen MR) is 208 cm³/mol. The van der Waals surface area contributed by atoms with Gasteiger partial charge in [-0.25, -0.2) is 0 Å². The van der Waals surface area contributed by atoms with E-state index >= 15 is 0 Å². The Morgan fingerprint density at radius 2 is 0.877 bits per heavy atom. The molecule has 10 unspecified atom stereocenters. The van der Waals surface area contributed by atoms with Gasteiger partial charge in [0.15, 0.2) is 24.2 Å². The van der Waals surface area contributed by atoms with Crippen LogP contribution < -0.4 is 0 Å². The van der Waals surface area contributed by atoms with Gasteiger partial charge < -0.3 is 52.1 Å². The first-order valence-electron chi connectivity index (χ1n) is 19.9. The van der Waals surface area contributed by atoms with Gasteiger partial charge >= 0.3 is 0 Å². The third kappa shape index (κ3) is 10.2. The topological polar surface area (TPSA) is 102 Å². The van der Waals surface area contributed by atoms with Crippen molar-refractivity contribution in [3.05, 3.63) is 144 Å². The highest BCUT2D eigenvalue weighted by Crippen LogP contribution is 2.44. The molecule has 10 atom stereocenters. The highest BCUT2D eigenvalue weighted by atomic mass is 16.9. The van der Waals surface area contributed by atoms with E-state index in [1.165, 1.54) is 0 Å². The molecule has 0 N–H and O–H groups in total. The maximum atomic E-state index is 6.91. The molecule has 4 aliphatic heterocycles. The molecule has 11 nitrogen and oxygen atoms in total. The van der Waals surface area contributed by atoms with Crippen molar-refractivity contribution in [2.45, 2.75) is 127 Å². The molecular weight excluding hydrogens is 728 g/mol. The largest absolute Gasteiger partial charge is 0.374 e. The summed E-state index contributed by atoms with van der Waals surface area (Å²) in [6.45, 7) is 9.15. The molecule has 0 radical (unpaired) electrons. The van der Waals surface area contributed by atoms with E-state index in [2.05, 4.69) is 0 Å². The van der Waals surface area contributed by atoms with Gasteiger partial charge in [0.2, 0.25) is 0 Å². The maximum Gasteiger partial charge on any atom is 0.190 e. The second kappa shape index (κ2) is 18.1. The lowest BCUT2D eigenvalue weighted by atomic mass is 9.97. The van der Waals surface area contributed by atoms with Gasteiger partial charge in [0.25, 0.3) is 0 Å². The molecule has 4 aromatic carbocycles. The van der Waals surface area contributed by atoms with E-state index in [-0.39, 0.29) is 13.2 Å². The minimum Gasteiger partial charge on any atom is -0.374 e. The summed E-state index contributed by atoms with van der Waals surface area (Å²) in [6.07, 6.45) is -6.08. The summed E-state index contributed by atoms with van der Waals surface area (Å²) in [5.41, 5.74) is 4.08. The summed E-state index contributed by atoms with van der Waals surface area (Å²) >= 11 is 0. The third-order valence-corrected chi connectivity index (χ3v) is 10.5. The fraction of sp³-hybridized carbons (Fsp3) is 0.478. The van der Waals surface area contributed by atoms with Gasteiger partial charge in [0.1, 0.15) is 48.8 Å². The Bertz CT molecular complexity index is 1810. The molecule has 4 heterocycles. The van der Waals surface area contributed by atoms with E-state index in [1.807, 2.05) is 149 Å². The van der Waals surface area contributed by atoms with Crippen molar-refractivity contribution in [3.8, 4) is 0 Å². The highest BCUT2D eigenvalue weighted by molar-refractivity contribution is 5.16. The minimum absolute atomic E-state index is 0.0853. The van der Waals surface area contributed by atoms with E-state index in [1.54, 1.807) is 0 Å². The van der Waals surface area contributed by atoms with Crippen molar-refractivity contribution >= 4 is 0 Å². The Balaban J connectivity index is 1.09. The van der Waals surface area contributed by atoms with Crippen LogP contribution in [0.1, 0.15) is 49.9 Å². The first-order chi connectivity index (χ1) is 27.7. The summed E-state index contributed by atoms with van der Waals surface area (Å²) in [5, 5.41) is 0. The number of rotatable bonds is 16. The summed E-state index contributed by atoms with van der Waals surface area (Å²) < 4.78 is 72.3. The monoisotopic (exact) mass is 782 g/mol. The van der Waals surface area contributed by atoms with Crippen molar-refractivity contribution in [2.24, 2.45) is 0 Å². The fourth-order valence-corrected chi connectivity index (χ4v) is 7.90. The molecule has 0 amide bonds. The van der Waals surface area contributed by atoms with Gasteiger partial charge in [-0.1, -0.05) is 121 Å². The number of hydrogen-bond donors (Lipinski definition) is 0. The lowest BCUT2D eigenvalue weighted by Crippen LogP contribution is -2.62. The van der Waals surface area contributed by atoms with Crippen LogP contribution in [0.3, 0.4) is 0 Å². The zero-order valence-electron chi connectivity index (χ0n) is 33.1. The summed E-state index contributed by atoms with van der Waals surface area (Å²) in [6, 6.07) is 40.2. The van der Waals surface area contributed by atoms with Crippen LogP contribution in [0.2, 0.25) is 0 Å². The standard InChI is InChI=1S/C46H54O11/c1-45(2)54-38-36(53-44-42(40(38)55-45)56-46(3,4)57-44)30-51-43-41(50-28-34-23-15-8-16-24-34)39(49-27-33-21-13-7-14-22-33)37(48-26-32-19-11-6-12-20-32)35(52-43)29-47-25-31-17-9-5-10-18-31/h5-24,35-44H,25-30H2,1-4H3. The Morgan fingerprint density at radius 1 is 0.421 bits per heavy atom. The Morgan fingerprint density at radius 3 is 1.44 bits per heavy atom. The zero-order valence-corrected chi connectivity index (χ0v) is 33.1. The fourth-order valence-electron chi connectivity index (χ4n) is 7.90. The number of fused-ring (bicyclic) bond motifs is 3. The lowest BCUT2D eigenvalue weighted by Gasteiger charge is -2.46. The van der Waals surface area contributed by atoms with Crippen LogP contribution in [0.25, 0.3) is 0 Å². The van der Waals surface area contributed by atoms with Crippen LogP contribution in [-0.2, 0) is 78.5 Å². The van der Waals surface area contributed by atoms with Crippen molar-refractivity contribution in [2.75, 3.05) is 13.2 Å². The average Bonchev–Trinajstić information content (AvgIpc) is 3.73. The molecule has 4 aliphatic rings. The molecule has 304 valence electrons. The van der Waals surface area contributed by atoms with E-state index < -0.39 is 73.0 Å². The van der Waals surface area contributed by atoms with Gasteiger partial charge in [-0.05, 0) is 49.9 Å². The van der Waals surface area contributed by atoms with E-state index in [9.17, 15) is 0 Å². The average molecular weight is 783 g/mol. The molecule has 0 saturated carbocycles. The quantitative estimate of drug-likeness (QED) is 0.116. The number of benzene rings is 4. The molecule has 8 rings (SSSR count). The van der Waals surface area contributed by atoms with Gasteiger partial charge in [-0.2, -0.15) is 0 Å². The first kappa shape index (κ1) is 40.2. The molecular formula is C46H54O11. The third-order valence-electron chi connectivity index (χ3n) is 10.5. The molecule has 11 heteroatoms. The van der Waals surface area contributed by atoms with Gasteiger partial charge in [-0.3, -0.25) is 0 Å². The van der Waals surface area contributed by atoms with Gasteiger partial charge in [-0.15, -0.1) is 0 Å². The maximum absolute atomic E-state index is 6.91. The van der Waals surface area contributed by atoms with Crippen molar-refractivity contribution < 1.29 is 52.1 Å². The molecule has 0 bridgehead atoms. The number of ether oxygens (including phenoxy) is 11. The van der Waals surface area contributed by atoms with Crippen molar-refractivity contribution in [1.82, 2.24) is 0 Å². The lowest BCUT2D eigenvalue weighted by molar-refractivity contribution is -0.337. The molecule has 4 fully saturated rings. The van der Waals surface area contributed by atoms with Gasteiger partial charge in [0, 0.05) is 0 Å².